The molecule has 1 unspecified atom stereocenters. The highest BCUT2D eigenvalue weighted by Gasteiger charge is 2.51. The molecule has 1 aromatic carbocycles. The van der Waals surface area contributed by atoms with Gasteiger partial charge in [0.2, 0.25) is 5.91 Å². The topological polar surface area (TPSA) is 41.1 Å². The molecular formula is C14H20BrClN2O. The van der Waals surface area contributed by atoms with Crippen molar-refractivity contribution in [3.63, 3.8) is 0 Å². The Morgan fingerprint density at radius 2 is 1.95 bits per heavy atom. The van der Waals surface area contributed by atoms with Crippen LogP contribution < -0.4 is 10.6 Å². The van der Waals surface area contributed by atoms with Gasteiger partial charge in [-0.15, -0.1) is 12.4 Å². The Balaban J connectivity index is 0.00000180. The van der Waals surface area contributed by atoms with Crippen LogP contribution in [0.2, 0.25) is 0 Å². The molecule has 0 radical (unpaired) electrons. The number of hydrogen-bond donors (Lipinski definition) is 2. The number of carbonyl (C=O) groups excluding carboxylic acids is 1. The van der Waals surface area contributed by atoms with Gasteiger partial charge in [-0.05, 0) is 44.5 Å². The van der Waals surface area contributed by atoms with Gasteiger partial charge in [0, 0.05) is 17.1 Å². The molecule has 1 fully saturated rings. The van der Waals surface area contributed by atoms with Crippen LogP contribution in [0.25, 0.3) is 0 Å². The predicted octanol–water partition coefficient (Wildman–Crippen LogP) is 2.63. The SMILES string of the molecule is CNC(C)CNC(=O)C1(c2ccc(Br)cc2)CC1.Cl. The van der Waals surface area contributed by atoms with Crippen LogP contribution in [-0.2, 0) is 10.2 Å². The van der Waals surface area contributed by atoms with E-state index in [1.807, 2.05) is 31.3 Å². The van der Waals surface area contributed by atoms with Crippen molar-refractivity contribution in [2.24, 2.45) is 0 Å². The average molecular weight is 348 g/mol. The summed E-state index contributed by atoms with van der Waals surface area (Å²) in [6, 6.07) is 8.38. The van der Waals surface area contributed by atoms with Gasteiger partial charge in [-0.2, -0.15) is 0 Å². The standard InChI is InChI=1S/C14H19BrN2O.ClH/c1-10(16-2)9-17-13(18)14(7-8-14)11-3-5-12(15)6-4-11;/h3-6,10,16H,7-9H2,1-2H3,(H,17,18);1H. The van der Waals surface area contributed by atoms with E-state index in [1.165, 1.54) is 0 Å². The Hall–Kier alpha value is -0.580. The number of nitrogens with one attached hydrogen (secondary N) is 2. The first kappa shape index (κ1) is 16.5. The Bertz CT molecular complexity index is 432. The minimum Gasteiger partial charge on any atom is -0.354 e. The van der Waals surface area contributed by atoms with E-state index < -0.39 is 0 Å². The quantitative estimate of drug-likeness (QED) is 0.860. The minimum absolute atomic E-state index is 0. The van der Waals surface area contributed by atoms with Crippen LogP contribution in [0.5, 0.6) is 0 Å². The Morgan fingerprint density at radius 3 is 2.42 bits per heavy atom. The molecular weight excluding hydrogens is 328 g/mol. The molecule has 2 rings (SSSR count). The van der Waals surface area contributed by atoms with Crippen molar-refractivity contribution in [1.29, 1.82) is 0 Å². The lowest BCUT2D eigenvalue weighted by molar-refractivity contribution is -0.123. The molecule has 2 N–H and O–H groups in total. The van der Waals surface area contributed by atoms with Crippen molar-refractivity contribution in [3.8, 4) is 0 Å². The summed E-state index contributed by atoms with van der Waals surface area (Å²) < 4.78 is 1.05. The molecule has 19 heavy (non-hydrogen) atoms. The fraction of sp³-hybridized carbons (Fsp3) is 0.500. The van der Waals surface area contributed by atoms with Crippen LogP contribution in [0.4, 0.5) is 0 Å². The minimum atomic E-state index is -0.270. The number of benzene rings is 1. The molecule has 0 aliphatic heterocycles. The van der Waals surface area contributed by atoms with Crippen LogP contribution in [0, 0.1) is 0 Å². The third-order valence-electron chi connectivity index (χ3n) is 3.64. The summed E-state index contributed by atoms with van der Waals surface area (Å²) in [5.74, 6) is 0.159. The van der Waals surface area contributed by atoms with E-state index in [1.54, 1.807) is 0 Å². The van der Waals surface area contributed by atoms with E-state index >= 15 is 0 Å². The Kier molecular flexibility index (Phi) is 5.83. The number of rotatable bonds is 5. The Morgan fingerprint density at radius 1 is 1.37 bits per heavy atom. The lowest BCUT2D eigenvalue weighted by Crippen LogP contribution is -2.41. The van der Waals surface area contributed by atoms with Gasteiger partial charge in [0.05, 0.1) is 5.41 Å². The van der Waals surface area contributed by atoms with Crippen molar-refractivity contribution in [2.75, 3.05) is 13.6 Å². The predicted molar refractivity (Wildman–Crippen MR) is 83.8 cm³/mol. The maximum atomic E-state index is 12.3. The first-order valence-corrected chi connectivity index (χ1v) is 7.09. The van der Waals surface area contributed by atoms with Gasteiger partial charge in [0.1, 0.15) is 0 Å². The van der Waals surface area contributed by atoms with Crippen molar-refractivity contribution in [3.05, 3.63) is 34.3 Å². The molecule has 0 spiro atoms. The largest absolute Gasteiger partial charge is 0.354 e. The summed E-state index contributed by atoms with van der Waals surface area (Å²) in [4.78, 5) is 12.3. The van der Waals surface area contributed by atoms with Crippen LogP contribution in [-0.4, -0.2) is 25.5 Å². The zero-order chi connectivity index (χ0) is 13.2. The highest BCUT2D eigenvalue weighted by Crippen LogP contribution is 2.48. The van der Waals surface area contributed by atoms with Crippen molar-refractivity contribution < 1.29 is 4.79 Å². The average Bonchev–Trinajstić information content (AvgIpc) is 3.17. The van der Waals surface area contributed by atoms with Gasteiger partial charge >= 0.3 is 0 Å². The van der Waals surface area contributed by atoms with Gasteiger partial charge in [-0.3, -0.25) is 4.79 Å². The third kappa shape index (κ3) is 3.71. The smallest absolute Gasteiger partial charge is 0.230 e. The van der Waals surface area contributed by atoms with Crippen molar-refractivity contribution in [2.45, 2.75) is 31.2 Å². The van der Waals surface area contributed by atoms with E-state index in [-0.39, 0.29) is 23.7 Å². The summed E-state index contributed by atoms with van der Waals surface area (Å²) in [6.07, 6.45) is 1.91. The molecule has 1 aliphatic rings. The Labute approximate surface area is 129 Å². The number of amides is 1. The van der Waals surface area contributed by atoms with E-state index in [9.17, 15) is 4.79 Å². The summed E-state index contributed by atoms with van der Waals surface area (Å²) in [5, 5.41) is 6.15. The third-order valence-corrected chi connectivity index (χ3v) is 4.17. The second-order valence-electron chi connectivity index (χ2n) is 4.99. The fourth-order valence-corrected chi connectivity index (χ4v) is 2.32. The van der Waals surface area contributed by atoms with Gasteiger partial charge in [-0.1, -0.05) is 28.1 Å². The maximum Gasteiger partial charge on any atom is 0.230 e. The first-order valence-electron chi connectivity index (χ1n) is 6.30. The van der Waals surface area contributed by atoms with Crippen molar-refractivity contribution in [1.82, 2.24) is 10.6 Å². The highest BCUT2D eigenvalue weighted by atomic mass is 79.9. The molecule has 106 valence electrons. The molecule has 1 amide bonds. The molecule has 1 atom stereocenters. The normalized spacial score (nSPS) is 17.2. The molecule has 1 saturated carbocycles. The second kappa shape index (κ2) is 6.73. The number of hydrogen-bond acceptors (Lipinski definition) is 2. The molecule has 0 bridgehead atoms. The molecule has 0 saturated heterocycles. The molecule has 5 heteroatoms. The van der Waals surface area contributed by atoms with Gasteiger partial charge in [-0.25, -0.2) is 0 Å². The summed E-state index contributed by atoms with van der Waals surface area (Å²) in [7, 11) is 1.90. The first-order chi connectivity index (χ1) is 8.58. The second-order valence-corrected chi connectivity index (χ2v) is 5.90. The van der Waals surface area contributed by atoms with Gasteiger partial charge < -0.3 is 10.6 Å². The maximum absolute atomic E-state index is 12.3. The lowest BCUT2D eigenvalue weighted by Gasteiger charge is -2.18. The number of likely N-dealkylation sites (N-methyl/N-ethyl adjacent to an activating group) is 1. The molecule has 0 aromatic heterocycles. The highest BCUT2D eigenvalue weighted by molar-refractivity contribution is 9.10. The molecule has 0 heterocycles. The van der Waals surface area contributed by atoms with Crippen molar-refractivity contribution >= 4 is 34.2 Å². The van der Waals surface area contributed by atoms with E-state index in [0.717, 1.165) is 22.9 Å². The van der Waals surface area contributed by atoms with Gasteiger partial charge in [0.25, 0.3) is 0 Å². The van der Waals surface area contributed by atoms with Gasteiger partial charge in [0.15, 0.2) is 0 Å². The molecule has 1 aromatic rings. The molecule has 3 nitrogen and oxygen atoms in total. The summed E-state index contributed by atoms with van der Waals surface area (Å²) in [5.41, 5.74) is 0.856. The summed E-state index contributed by atoms with van der Waals surface area (Å²) in [6.45, 7) is 2.73. The number of halogens is 2. The van der Waals surface area contributed by atoms with Crippen LogP contribution >= 0.6 is 28.3 Å². The number of carbonyl (C=O) groups is 1. The monoisotopic (exact) mass is 346 g/mol. The van der Waals surface area contributed by atoms with Crippen LogP contribution in [0.15, 0.2) is 28.7 Å². The summed E-state index contributed by atoms with van der Waals surface area (Å²) >= 11 is 3.42. The lowest BCUT2D eigenvalue weighted by atomic mass is 9.95. The molecule has 1 aliphatic carbocycles. The van der Waals surface area contributed by atoms with E-state index in [4.69, 9.17) is 0 Å². The van der Waals surface area contributed by atoms with Crippen LogP contribution in [0.1, 0.15) is 25.3 Å². The zero-order valence-electron chi connectivity index (χ0n) is 11.2. The zero-order valence-corrected chi connectivity index (χ0v) is 13.6. The van der Waals surface area contributed by atoms with E-state index in [2.05, 4.69) is 33.5 Å². The fourth-order valence-electron chi connectivity index (χ4n) is 2.06. The van der Waals surface area contributed by atoms with E-state index in [0.29, 0.717) is 12.6 Å². The van der Waals surface area contributed by atoms with Crippen LogP contribution in [0.3, 0.4) is 0 Å².